The third-order valence-corrected chi connectivity index (χ3v) is 5.86. The summed E-state index contributed by atoms with van der Waals surface area (Å²) in [5.74, 6) is 0. The van der Waals surface area contributed by atoms with Crippen molar-refractivity contribution in [1.29, 1.82) is 0 Å². The lowest BCUT2D eigenvalue weighted by Crippen LogP contribution is -2.61. The quantitative estimate of drug-likeness (QED) is 0.461. The second-order valence-electron chi connectivity index (χ2n) is 8.24. The second-order valence-corrected chi connectivity index (χ2v) is 8.24. The van der Waals surface area contributed by atoms with E-state index in [2.05, 4.69) is 0 Å². The lowest BCUT2D eigenvalue weighted by molar-refractivity contribution is -0.321. The predicted octanol–water partition coefficient (Wildman–Crippen LogP) is 4.11. The van der Waals surface area contributed by atoms with Crippen LogP contribution in [0.3, 0.4) is 0 Å². The van der Waals surface area contributed by atoms with Crippen molar-refractivity contribution in [3.05, 3.63) is 108 Å². The van der Waals surface area contributed by atoms with Crippen molar-refractivity contribution in [2.75, 3.05) is 13.7 Å². The Morgan fingerprint density at radius 1 is 0.618 bits per heavy atom. The van der Waals surface area contributed by atoms with E-state index in [9.17, 15) is 5.11 Å². The molecule has 0 aliphatic carbocycles. The maximum Gasteiger partial charge on any atom is 0.186 e. The molecule has 0 spiro atoms. The Bertz CT molecular complexity index is 895. The number of benzene rings is 3. The van der Waals surface area contributed by atoms with Crippen LogP contribution in [-0.2, 0) is 43.5 Å². The van der Waals surface area contributed by atoms with Crippen LogP contribution in [0.4, 0.5) is 0 Å². The van der Waals surface area contributed by atoms with Gasteiger partial charge in [-0.1, -0.05) is 91.0 Å². The van der Waals surface area contributed by atoms with E-state index in [1.54, 1.807) is 7.11 Å². The van der Waals surface area contributed by atoms with Gasteiger partial charge < -0.3 is 28.8 Å². The monoisotopic (exact) mass is 464 g/mol. The molecule has 1 unspecified atom stereocenters. The molecule has 1 heterocycles. The fraction of sp³-hybridized carbons (Fsp3) is 0.357. The van der Waals surface area contributed by atoms with Gasteiger partial charge in [0.1, 0.15) is 24.4 Å². The van der Waals surface area contributed by atoms with Crippen molar-refractivity contribution in [3.63, 3.8) is 0 Å². The maximum atomic E-state index is 10.1. The van der Waals surface area contributed by atoms with E-state index < -0.39 is 30.7 Å². The maximum absolute atomic E-state index is 10.1. The van der Waals surface area contributed by atoms with Crippen molar-refractivity contribution in [2.24, 2.45) is 0 Å². The molecule has 3 aromatic carbocycles. The van der Waals surface area contributed by atoms with E-state index in [-0.39, 0.29) is 6.61 Å². The fourth-order valence-electron chi connectivity index (χ4n) is 4.08. The molecule has 5 atom stereocenters. The summed E-state index contributed by atoms with van der Waals surface area (Å²) in [6.07, 6.45) is -2.97. The molecule has 1 aliphatic rings. The molecule has 6 nitrogen and oxygen atoms in total. The minimum Gasteiger partial charge on any atom is -0.394 e. The molecule has 34 heavy (non-hydrogen) atoms. The van der Waals surface area contributed by atoms with Gasteiger partial charge in [0, 0.05) is 7.11 Å². The Hall–Kier alpha value is -2.58. The number of aliphatic hydroxyl groups excluding tert-OH is 1. The zero-order valence-electron chi connectivity index (χ0n) is 19.4. The van der Waals surface area contributed by atoms with Crippen LogP contribution in [0.25, 0.3) is 0 Å². The number of methoxy groups -OCH3 is 1. The number of rotatable bonds is 11. The molecule has 4 rings (SSSR count). The molecule has 6 heteroatoms. The van der Waals surface area contributed by atoms with Crippen molar-refractivity contribution < 1.29 is 28.8 Å². The SMILES string of the molecule is COC1O[C@H](CO)[C@@H](OCc2ccccc2)[C@H](OCc2ccccc2)[C@H]1OCc1ccccc1. The van der Waals surface area contributed by atoms with Crippen LogP contribution in [0.15, 0.2) is 91.0 Å². The standard InChI is InChI=1S/C28H32O6/c1-30-28-27(33-20-23-15-9-4-10-16-23)26(32-19-22-13-7-3-8-14-22)25(24(17-29)34-28)31-18-21-11-5-2-6-12-21/h2-16,24-29H,17-20H2,1H3/t24-,25-,26+,27-,28?/m1/s1. The number of ether oxygens (including phenoxy) is 5. The Balaban J connectivity index is 1.56. The summed E-state index contributed by atoms with van der Waals surface area (Å²) < 4.78 is 30.7. The second kappa shape index (κ2) is 12.8. The number of hydrogen-bond donors (Lipinski definition) is 1. The molecule has 180 valence electrons. The molecule has 1 N–H and O–H groups in total. The molecular weight excluding hydrogens is 432 g/mol. The van der Waals surface area contributed by atoms with Crippen LogP contribution < -0.4 is 0 Å². The van der Waals surface area contributed by atoms with Gasteiger partial charge in [0.2, 0.25) is 0 Å². The summed E-state index contributed by atoms with van der Waals surface area (Å²) in [6.45, 7) is 0.876. The van der Waals surface area contributed by atoms with E-state index in [1.165, 1.54) is 0 Å². The lowest BCUT2D eigenvalue weighted by atomic mass is 9.98. The average molecular weight is 465 g/mol. The Kier molecular flexibility index (Phi) is 9.21. The first-order valence-electron chi connectivity index (χ1n) is 11.5. The van der Waals surface area contributed by atoms with Gasteiger partial charge in [-0.25, -0.2) is 0 Å². The van der Waals surface area contributed by atoms with Gasteiger partial charge in [0.25, 0.3) is 0 Å². The predicted molar refractivity (Wildman–Crippen MR) is 128 cm³/mol. The van der Waals surface area contributed by atoms with Crippen molar-refractivity contribution >= 4 is 0 Å². The fourth-order valence-corrected chi connectivity index (χ4v) is 4.08. The minimum absolute atomic E-state index is 0.226. The Morgan fingerprint density at radius 3 is 1.44 bits per heavy atom. The zero-order valence-corrected chi connectivity index (χ0v) is 19.4. The molecule has 1 aliphatic heterocycles. The first-order valence-corrected chi connectivity index (χ1v) is 11.5. The normalized spacial score (nSPS) is 24.7. The highest BCUT2D eigenvalue weighted by atomic mass is 16.7. The van der Waals surface area contributed by atoms with Gasteiger partial charge in [0.05, 0.1) is 26.4 Å². The molecule has 0 saturated carbocycles. The zero-order chi connectivity index (χ0) is 23.6. The van der Waals surface area contributed by atoms with Crippen LogP contribution in [0.2, 0.25) is 0 Å². The average Bonchev–Trinajstić information content (AvgIpc) is 2.91. The minimum atomic E-state index is -0.710. The van der Waals surface area contributed by atoms with Crippen molar-refractivity contribution in [1.82, 2.24) is 0 Å². The van der Waals surface area contributed by atoms with Gasteiger partial charge in [-0.05, 0) is 16.7 Å². The number of hydrogen-bond acceptors (Lipinski definition) is 6. The van der Waals surface area contributed by atoms with E-state index in [4.69, 9.17) is 23.7 Å². The molecule has 0 amide bonds. The number of aliphatic hydroxyl groups is 1. The highest BCUT2D eigenvalue weighted by Crippen LogP contribution is 2.30. The molecule has 0 radical (unpaired) electrons. The highest BCUT2D eigenvalue weighted by molar-refractivity contribution is 5.15. The summed E-state index contributed by atoms with van der Waals surface area (Å²) in [5.41, 5.74) is 3.09. The first kappa shape index (κ1) is 24.5. The van der Waals surface area contributed by atoms with Gasteiger partial charge in [-0.3, -0.25) is 0 Å². The van der Waals surface area contributed by atoms with Gasteiger partial charge in [-0.15, -0.1) is 0 Å². The van der Waals surface area contributed by atoms with Crippen LogP contribution in [0.5, 0.6) is 0 Å². The molecule has 0 aromatic heterocycles. The largest absolute Gasteiger partial charge is 0.394 e. The first-order chi connectivity index (χ1) is 16.8. The van der Waals surface area contributed by atoms with Gasteiger partial charge in [-0.2, -0.15) is 0 Å². The van der Waals surface area contributed by atoms with Crippen molar-refractivity contribution in [2.45, 2.75) is 50.5 Å². The summed E-state index contributed by atoms with van der Waals surface area (Å²) in [6, 6.07) is 29.8. The van der Waals surface area contributed by atoms with E-state index >= 15 is 0 Å². The molecule has 3 aromatic rings. The van der Waals surface area contributed by atoms with Crippen LogP contribution in [0.1, 0.15) is 16.7 Å². The summed E-state index contributed by atoms with van der Waals surface area (Å²) in [4.78, 5) is 0. The van der Waals surface area contributed by atoms with E-state index in [0.717, 1.165) is 16.7 Å². The van der Waals surface area contributed by atoms with Gasteiger partial charge >= 0.3 is 0 Å². The van der Waals surface area contributed by atoms with Crippen molar-refractivity contribution in [3.8, 4) is 0 Å². The van der Waals surface area contributed by atoms with Crippen LogP contribution >= 0.6 is 0 Å². The smallest absolute Gasteiger partial charge is 0.186 e. The lowest BCUT2D eigenvalue weighted by Gasteiger charge is -2.45. The Morgan fingerprint density at radius 2 is 1.03 bits per heavy atom. The Labute approximate surface area is 201 Å². The topological polar surface area (TPSA) is 66.4 Å². The highest BCUT2D eigenvalue weighted by Gasteiger charge is 2.48. The molecule has 1 saturated heterocycles. The summed E-state index contributed by atoms with van der Waals surface area (Å²) >= 11 is 0. The summed E-state index contributed by atoms with van der Waals surface area (Å²) in [7, 11) is 1.57. The van der Waals surface area contributed by atoms with E-state index in [0.29, 0.717) is 19.8 Å². The van der Waals surface area contributed by atoms with Gasteiger partial charge in [0.15, 0.2) is 6.29 Å². The molecule has 1 fully saturated rings. The summed E-state index contributed by atoms with van der Waals surface area (Å²) in [5, 5.41) is 10.1. The molecule has 0 bridgehead atoms. The van der Waals surface area contributed by atoms with Crippen LogP contribution in [0, 0.1) is 0 Å². The third kappa shape index (κ3) is 6.51. The third-order valence-electron chi connectivity index (χ3n) is 5.86. The van der Waals surface area contributed by atoms with Crippen LogP contribution in [-0.4, -0.2) is 49.5 Å². The molecular formula is C28H32O6. The van der Waals surface area contributed by atoms with E-state index in [1.807, 2.05) is 91.0 Å².